The fraction of sp³-hybridized carbons (Fsp3) is 0.423. The predicted octanol–water partition coefficient (Wildman–Crippen LogP) is 4.02. The molecule has 0 saturated carbocycles. The van der Waals surface area contributed by atoms with Gasteiger partial charge in [0.1, 0.15) is 18.2 Å². The molecule has 33 heavy (non-hydrogen) atoms. The number of rotatable bonds is 6. The van der Waals surface area contributed by atoms with Gasteiger partial charge >= 0.3 is 12.1 Å². The van der Waals surface area contributed by atoms with E-state index in [4.69, 9.17) is 4.74 Å². The molecule has 2 aromatic rings. The Morgan fingerprint density at radius 3 is 2.21 bits per heavy atom. The van der Waals surface area contributed by atoms with Gasteiger partial charge in [-0.05, 0) is 47.9 Å². The van der Waals surface area contributed by atoms with E-state index in [1.54, 1.807) is 6.92 Å². The topological polar surface area (TPSA) is 95.9 Å². The second-order valence-corrected chi connectivity index (χ2v) is 9.36. The van der Waals surface area contributed by atoms with E-state index >= 15 is 0 Å². The molecule has 1 fully saturated rings. The largest absolute Gasteiger partial charge is 0.480 e. The Labute approximate surface area is 193 Å². The zero-order valence-electron chi connectivity index (χ0n) is 19.2. The van der Waals surface area contributed by atoms with E-state index in [1.165, 1.54) is 4.90 Å². The molecule has 7 nitrogen and oxygen atoms in total. The van der Waals surface area contributed by atoms with Gasteiger partial charge in [0.15, 0.2) is 0 Å². The monoisotopic (exact) mass is 450 g/mol. The third kappa shape index (κ3) is 4.08. The average Bonchev–Trinajstić information content (AvgIpc) is 3.34. The van der Waals surface area contributed by atoms with E-state index in [1.807, 2.05) is 50.2 Å². The van der Waals surface area contributed by atoms with Crippen molar-refractivity contribution in [3.63, 3.8) is 0 Å². The summed E-state index contributed by atoms with van der Waals surface area (Å²) in [5.74, 6) is -1.72. The molecule has 7 heteroatoms. The summed E-state index contributed by atoms with van der Waals surface area (Å²) in [7, 11) is 0. The SMILES string of the molecule is CC(C)[C@@H](NC(=O)OCC1c2ccccc2-c2ccccc21)C(=O)N1CCC[C@]1(C)C(=O)O. The maximum Gasteiger partial charge on any atom is 0.407 e. The molecule has 4 rings (SSSR count). The number of carbonyl (C=O) groups excluding carboxylic acids is 2. The van der Waals surface area contributed by atoms with Crippen LogP contribution < -0.4 is 5.32 Å². The van der Waals surface area contributed by atoms with E-state index in [2.05, 4.69) is 17.4 Å². The summed E-state index contributed by atoms with van der Waals surface area (Å²) in [6, 6.07) is 15.3. The maximum atomic E-state index is 13.2. The maximum absolute atomic E-state index is 13.2. The number of amides is 2. The Morgan fingerprint density at radius 2 is 1.67 bits per heavy atom. The Morgan fingerprint density at radius 1 is 1.09 bits per heavy atom. The third-order valence-corrected chi connectivity index (χ3v) is 6.92. The first-order valence-corrected chi connectivity index (χ1v) is 11.4. The van der Waals surface area contributed by atoms with Gasteiger partial charge in [-0.15, -0.1) is 0 Å². The van der Waals surface area contributed by atoms with Crippen molar-refractivity contribution in [3.05, 3.63) is 59.7 Å². The zero-order chi connectivity index (χ0) is 23.8. The summed E-state index contributed by atoms with van der Waals surface area (Å²) in [6.45, 7) is 5.71. The highest BCUT2D eigenvalue weighted by Gasteiger charge is 2.48. The van der Waals surface area contributed by atoms with Crippen molar-refractivity contribution in [2.24, 2.45) is 5.92 Å². The average molecular weight is 451 g/mol. The van der Waals surface area contributed by atoms with Crippen molar-refractivity contribution >= 4 is 18.0 Å². The van der Waals surface area contributed by atoms with Crippen LogP contribution in [0.4, 0.5) is 4.79 Å². The molecule has 0 radical (unpaired) electrons. The molecule has 2 amide bonds. The molecule has 1 aliphatic heterocycles. The van der Waals surface area contributed by atoms with E-state index in [0.29, 0.717) is 19.4 Å². The summed E-state index contributed by atoms with van der Waals surface area (Å²) in [4.78, 5) is 39.1. The number of aliphatic carboxylic acids is 1. The van der Waals surface area contributed by atoms with Gasteiger partial charge in [-0.25, -0.2) is 9.59 Å². The predicted molar refractivity (Wildman–Crippen MR) is 124 cm³/mol. The van der Waals surface area contributed by atoms with E-state index in [9.17, 15) is 19.5 Å². The molecule has 0 spiro atoms. The van der Waals surface area contributed by atoms with E-state index < -0.39 is 23.6 Å². The number of hydrogen-bond acceptors (Lipinski definition) is 4. The number of benzene rings is 2. The molecule has 0 aromatic heterocycles. The lowest BCUT2D eigenvalue weighted by molar-refractivity contribution is -0.156. The van der Waals surface area contributed by atoms with Gasteiger partial charge in [-0.2, -0.15) is 0 Å². The second-order valence-electron chi connectivity index (χ2n) is 9.36. The van der Waals surface area contributed by atoms with Gasteiger partial charge in [0.2, 0.25) is 5.91 Å². The number of carboxylic acid groups (broad SMARTS) is 1. The van der Waals surface area contributed by atoms with Crippen LogP contribution in [0.1, 0.15) is 50.7 Å². The Balaban J connectivity index is 1.46. The molecule has 1 heterocycles. The summed E-state index contributed by atoms with van der Waals surface area (Å²) in [5.41, 5.74) is 3.24. The van der Waals surface area contributed by atoms with Crippen LogP contribution in [-0.2, 0) is 14.3 Å². The van der Waals surface area contributed by atoms with Gasteiger partial charge in [0.05, 0.1) is 0 Å². The Bertz CT molecular complexity index is 1040. The lowest BCUT2D eigenvalue weighted by Gasteiger charge is -2.35. The van der Waals surface area contributed by atoms with Crippen molar-refractivity contribution in [1.82, 2.24) is 10.2 Å². The minimum Gasteiger partial charge on any atom is -0.480 e. The number of hydrogen-bond donors (Lipinski definition) is 2. The molecule has 2 aromatic carbocycles. The van der Waals surface area contributed by atoms with Crippen LogP contribution in [0.2, 0.25) is 0 Å². The molecule has 1 saturated heterocycles. The third-order valence-electron chi connectivity index (χ3n) is 6.92. The van der Waals surface area contributed by atoms with Crippen LogP contribution in [0.25, 0.3) is 11.1 Å². The fourth-order valence-corrected chi connectivity index (χ4v) is 4.99. The Kier molecular flexibility index (Phi) is 6.15. The molecule has 2 aliphatic rings. The van der Waals surface area contributed by atoms with Crippen molar-refractivity contribution in [3.8, 4) is 11.1 Å². The molecule has 0 bridgehead atoms. The van der Waals surface area contributed by atoms with Gasteiger partial charge < -0.3 is 20.1 Å². The van der Waals surface area contributed by atoms with Crippen LogP contribution in [-0.4, -0.2) is 52.7 Å². The standard InChI is InChI=1S/C26H30N2O5/c1-16(2)22(23(29)28-14-8-13-26(28,3)24(30)31)27-25(32)33-15-21-19-11-6-4-9-17(19)18-10-5-7-12-20(18)21/h4-7,9-12,16,21-22H,8,13-15H2,1-3H3,(H,27,32)(H,30,31)/t22-,26-/m1/s1. The summed E-state index contributed by atoms with van der Waals surface area (Å²) in [5, 5.41) is 12.4. The first kappa shape index (κ1) is 22.8. The second kappa shape index (κ2) is 8.89. The lowest BCUT2D eigenvalue weighted by Crippen LogP contribution is -2.58. The summed E-state index contributed by atoms with van der Waals surface area (Å²) >= 11 is 0. The van der Waals surface area contributed by atoms with Crippen LogP contribution in [0.15, 0.2) is 48.5 Å². The summed E-state index contributed by atoms with van der Waals surface area (Å²) < 4.78 is 5.60. The molecule has 0 unspecified atom stereocenters. The number of nitrogens with zero attached hydrogens (tertiary/aromatic N) is 1. The van der Waals surface area contributed by atoms with Crippen LogP contribution in [0.5, 0.6) is 0 Å². The number of carboxylic acids is 1. The highest BCUT2D eigenvalue weighted by atomic mass is 16.5. The number of ether oxygens (including phenoxy) is 1. The fourth-order valence-electron chi connectivity index (χ4n) is 4.99. The van der Waals surface area contributed by atoms with Gasteiger partial charge in [0.25, 0.3) is 0 Å². The minimum absolute atomic E-state index is 0.0785. The first-order chi connectivity index (χ1) is 15.7. The van der Waals surface area contributed by atoms with Crippen molar-refractivity contribution in [2.45, 2.75) is 51.1 Å². The normalized spacial score (nSPS) is 20.3. The number of carbonyl (C=O) groups is 3. The number of alkyl carbamates (subject to hydrolysis) is 1. The molecule has 174 valence electrons. The first-order valence-electron chi connectivity index (χ1n) is 11.4. The minimum atomic E-state index is -1.26. The smallest absolute Gasteiger partial charge is 0.407 e. The van der Waals surface area contributed by atoms with Gasteiger partial charge in [0, 0.05) is 12.5 Å². The van der Waals surface area contributed by atoms with Crippen molar-refractivity contribution in [1.29, 1.82) is 0 Å². The van der Waals surface area contributed by atoms with Gasteiger partial charge in [-0.1, -0.05) is 62.4 Å². The number of likely N-dealkylation sites (tertiary alicyclic amines) is 1. The van der Waals surface area contributed by atoms with Gasteiger partial charge in [-0.3, -0.25) is 4.79 Å². The zero-order valence-corrected chi connectivity index (χ0v) is 19.2. The van der Waals surface area contributed by atoms with Crippen LogP contribution in [0, 0.1) is 5.92 Å². The molecule has 1 aliphatic carbocycles. The molecule has 2 atom stereocenters. The highest BCUT2D eigenvalue weighted by Crippen LogP contribution is 2.44. The van der Waals surface area contributed by atoms with Crippen LogP contribution in [0.3, 0.4) is 0 Å². The number of fused-ring (bicyclic) bond motifs is 3. The quantitative estimate of drug-likeness (QED) is 0.693. The molecular weight excluding hydrogens is 420 g/mol. The van der Waals surface area contributed by atoms with Crippen molar-refractivity contribution < 1.29 is 24.2 Å². The van der Waals surface area contributed by atoms with Crippen molar-refractivity contribution in [2.75, 3.05) is 13.2 Å². The molecular formula is C26H30N2O5. The number of nitrogens with one attached hydrogen (secondary N) is 1. The highest BCUT2D eigenvalue weighted by molar-refractivity contribution is 5.92. The summed E-state index contributed by atoms with van der Waals surface area (Å²) in [6.07, 6.45) is 0.328. The lowest BCUT2D eigenvalue weighted by atomic mass is 9.96. The molecule has 2 N–H and O–H groups in total. The van der Waals surface area contributed by atoms with E-state index in [0.717, 1.165) is 22.3 Å². The van der Waals surface area contributed by atoms with Crippen LogP contribution >= 0.6 is 0 Å². The van der Waals surface area contributed by atoms with E-state index in [-0.39, 0.29) is 24.3 Å². The Hall–Kier alpha value is -3.35.